The number of furan rings is 1. The molecular formula is C15H11ClO3. The lowest BCUT2D eigenvalue weighted by molar-refractivity contribution is -0.136. The molecule has 96 valence electrons. The molecule has 0 aliphatic carbocycles. The van der Waals surface area contributed by atoms with Crippen LogP contribution in [0.25, 0.3) is 21.9 Å². The Morgan fingerprint density at radius 3 is 2.79 bits per heavy atom. The average Bonchev–Trinajstić information content (AvgIpc) is 2.71. The van der Waals surface area contributed by atoms with Gasteiger partial charge in [-0.1, -0.05) is 23.7 Å². The Labute approximate surface area is 114 Å². The van der Waals surface area contributed by atoms with E-state index in [9.17, 15) is 4.79 Å². The minimum atomic E-state index is -0.846. The molecule has 0 spiro atoms. The van der Waals surface area contributed by atoms with Crippen LogP contribution in [0.5, 0.6) is 0 Å². The molecule has 0 saturated carbocycles. The minimum Gasteiger partial charge on any atom is -0.481 e. The summed E-state index contributed by atoms with van der Waals surface area (Å²) in [7, 11) is 0. The summed E-state index contributed by atoms with van der Waals surface area (Å²) in [6, 6.07) is 9.19. The first kappa shape index (κ1) is 12.1. The molecule has 1 aromatic heterocycles. The normalized spacial score (nSPS) is 11.3. The molecule has 1 N–H and O–H groups in total. The van der Waals surface area contributed by atoms with Gasteiger partial charge in [0, 0.05) is 15.8 Å². The zero-order valence-electron chi connectivity index (χ0n) is 10.2. The van der Waals surface area contributed by atoms with Crippen molar-refractivity contribution in [2.75, 3.05) is 0 Å². The number of fused-ring (bicyclic) bond motifs is 3. The number of hydrogen-bond acceptors (Lipinski definition) is 2. The van der Waals surface area contributed by atoms with Crippen molar-refractivity contribution in [3.63, 3.8) is 0 Å². The summed E-state index contributed by atoms with van der Waals surface area (Å²) in [6.45, 7) is 1.88. The third-order valence-electron chi connectivity index (χ3n) is 3.30. The summed E-state index contributed by atoms with van der Waals surface area (Å²) in [5, 5.41) is 11.5. The lowest BCUT2D eigenvalue weighted by Crippen LogP contribution is -2.01. The second-order valence-corrected chi connectivity index (χ2v) is 4.98. The first-order valence-electron chi connectivity index (χ1n) is 5.88. The van der Waals surface area contributed by atoms with Crippen LogP contribution in [0.4, 0.5) is 0 Å². The van der Waals surface area contributed by atoms with E-state index in [1.807, 2.05) is 31.2 Å². The van der Waals surface area contributed by atoms with Crippen molar-refractivity contribution in [3.05, 3.63) is 46.5 Å². The van der Waals surface area contributed by atoms with Crippen LogP contribution in [-0.4, -0.2) is 11.1 Å². The predicted octanol–water partition coefficient (Wildman–Crippen LogP) is 4.17. The van der Waals surface area contributed by atoms with Crippen molar-refractivity contribution in [2.45, 2.75) is 13.3 Å². The number of rotatable bonds is 2. The van der Waals surface area contributed by atoms with Gasteiger partial charge < -0.3 is 9.52 Å². The maximum absolute atomic E-state index is 10.8. The topological polar surface area (TPSA) is 50.4 Å². The Morgan fingerprint density at radius 1 is 1.26 bits per heavy atom. The quantitative estimate of drug-likeness (QED) is 0.763. The molecule has 3 nitrogen and oxygen atoms in total. The van der Waals surface area contributed by atoms with Crippen LogP contribution >= 0.6 is 11.6 Å². The Kier molecular flexibility index (Phi) is 2.72. The summed E-state index contributed by atoms with van der Waals surface area (Å²) < 4.78 is 5.81. The van der Waals surface area contributed by atoms with Crippen LogP contribution in [0.2, 0.25) is 5.02 Å². The summed E-state index contributed by atoms with van der Waals surface area (Å²) in [4.78, 5) is 10.8. The highest BCUT2D eigenvalue weighted by Crippen LogP contribution is 2.33. The number of aliphatic carboxylic acids is 1. The van der Waals surface area contributed by atoms with Crippen LogP contribution in [0, 0.1) is 6.92 Å². The first-order valence-corrected chi connectivity index (χ1v) is 6.26. The smallest absolute Gasteiger partial charge is 0.307 e. The standard InChI is InChI=1S/C15H11ClO3/c1-8-9(6-14(17)18)2-4-11-12-7-10(16)3-5-13(12)19-15(8)11/h2-5,7H,6H2,1H3,(H,17,18). The summed E-state index contributed by atoms with van der Waals surface area (Å²) >= 11 is 6.00. The van der Waals surface area contributed by atoms with Crippen molar-refractivity contribution >= 4 is 39.5 Å². The SMILES string of the molecule is Cc1c(CC(=O)O)ccc2c1oc1ccc(Cl)cc12. The van der Waals surface area contributed by atoms with Gasteiger partial charge in [-0.25, -0.2) is 0 Å². The summed E-state index contributed by atoms with van der Waals surface area (Å²) in [5.41, 5.74) is 3.13. The molecular weight excluding hydrogens is 264 g/mol. The van der Waals surface area contributed by atoms with Gasteiger partial charge in [0.05, 0.1) is 6.42 Å². The number of carboxylic acid groups (broad SMARTS) is 1. The molecule has 0 radical (unpaired) electrons. The molecule has 0 fully saturated rings. The van der Waals surface area contributed by atoms with Gasteiger partial charge in [0.15, 0.2) is 0 Å². The minimum absolute atomic E-state index is 0.000422. The molecule has 0 atom stereocenters. The fourth-order valence-electron chi connectivity index (χ4n) is 2.34. The molecule has 0 aliphatic rings. The molecule has 0 saturated heterocycles. The number of carboxylic acids is 1. The highest BCUT2D eigenvalue weighted by Gasteiger charge is 2.13. The van der Waals surface area contributed by atoms with Crippen molar-refractivity contribution in [1.29, 1.82) is 0 Å². The zero-order chi connectivity index (χ0) is 13.6. The summed E-state index contributed by atoms with van der Waals surface area (Å²) in [5.74, 6) is -0.846. The van der Waals surface area contributed by atoms with Crippen molar-refractivity contribution in [3.8, 4) is 0 Å². The molecule has 0 amide bonds. The predicted molar refractivity (Wildman–Crippen MR) is 74.8 cm³/mol. The van der Waals surface area contributed by atoms with Gasteiger partial charge in [0.2, 0.25) is 0 Å². The third-order valence-corrected chi connectivity index (χ3v) is 3.54. The lowest BCUT2D eigenvalue weighted by Gasteiger charge is -2.02. The van der Waals surface area contributed by atoms with Crippen LogP contribution < -0.4 is 0 Å². The first-order chi connectivity index (χ1) is 9.06. The van der Waals surface area contributed by atoms with Crippen LogP contribution in [-0.2, 0) is 11.2 Å². The van der Waals surface area contributed by atoms with E-state index in [1.165, 1.54) is 0 Å². The number of halogens is 1. The molecule has 2 aromatic carbocycles. The van der Waals surface area contributed by atoms with Gasteiger partial charge in [0.1, 0.15) is 11.2 Å². The van der Waals surface area contributed by atoms with E-state index in [2.05, 4.69) is 0 Å². The number of aryl methyl sites for hydroxylation is 1. The monoisotopic (exact) mass is 274 g/mol. The largest absolute Gasteiger partial charge is 0.481 e. The Hall–Kier alpha value is -2.00. The van der Waals surface area contributed by atoms with Crippen LogP contribution in [0.15, 0.2) is 34.7 Å². The van der Waals surface area contributed by atoms with E-state index in [0.717, 1.165) is 33.1 Å². The van der Waals surface area contributed by atoms with Gasteiger partial charge in [-0.05, 0) is 36.2 Å². The van der Waals surface area contributed by atoms with Crippen LogP contribution in [0.3, 0.4) is 0 Å². The zero-order valence-corrected chi connectivity index (χ0v) is 11.0. The van der Waals surface area contributed by atoms with E-state index < -0.39 is 5.97 Å². The summed E-state index contributed by atoms with van der Waals surface area (Å²) in [6.07, 6.45) is -0.000422. The van der Waals surface area contributed by atoms with Crippen LogP contribution in [0.1, 0.15) is 11.1 Å². The van der Waals surface area contributed by atoms with E-state index in [0.29, 0.717) is 5.02 Å². The highest BCUT2D eigenvalue weighted by atomic mass is 35.5. The van der Waals surface area contributed by atoms with Gasteiger partial charge in [-0.15, -0.1) is 0 Å². The Morgan fingerprint density at radius 2 is 2.05 bits per heavy atom. The second kappa shape index (κ2) is 4.28. The lowest BCUT2D eigenvalue weighted by atomic mass is 10.0. The van der Waals surface area contributed by atoms with E-state index >= 15 is 0 Å². The van der Waals surface area contributed by atoms with Gasteiger partial charge in [-0.3, -0.25) is 4.79 Å². The number of hydrogen-bond donors (Lipinski definition) is 1. The molecule has 19 heavy (non-hydrogen) atoms. The fraction of sp³-hybridized carbons (Fsp3) is 0.133. The van der Waals surface area contributed by atoms with E-state index in [4.69, 9.17) is 21.1 Å². The third kappa shape index (κ3) is 1.96. The van der Waals surface area contributed by atoms with Gasteiger partial charge >= 0.3 is 5.97 Å². The Balaban J connectivity index is 2.32. The molecule has 3 aromatic rings. The molecule has 0 bridgehead atoms. The molecule has 1 heterocycles. The fourth-order valence-corrected chi connectivity index (χ4v) is 2.51. The highest BCUT2D eigenvalue weighted by molar-refractivity contribution is 6.31. The maximum Gasteiger partial charge on any atom is 0.307 e. The molecule has 4 heteroatoms. The van der Waals surface area contributed by atoms with Crippen molar-refractivity contribution in [1.82, 2.24) is 0 Å². The molecule has 0 aliphatic heterocycles. The van der Waals surface area contributed by atoms with Gasteiger partial charge in [0.25, 0.3) is 0 Å². The molecule has 0 unspecified atom stereocenters. The molecule has 3 rings (SSSR count). The van der Waals surface area contributed by atoms with Crippen molar-refractivity contribution < 1.29 is 14.3 Å². The second-order valence-electron chi connectivity index (χ2n) is 4.54. The number of benzene rings is 2. The van der Waals surface area contributed by atoms with E-state index in [1.54, 1.807) is 6.07 Å². The maximum atomic E-state index is 10.8. The average molecular weight is 275 g/mol. The van der Waals surface area contributed by atoms with Crippen molar-refractivity contribution in [2.24, 2.45) is 0 Å². The number of carbonyl (C=O) groups is 1. The Bertz CT molecular complexity index is 802. The van der Waals surface area contributed by atoms with E-state index in [-0.39, 0.29) is 6.42 Å². The van der Waals surface area contributed by atoms with Gasteiger partial charge in [-0.2, -0.15) is 0 Å².